The Bertz CT molecular complexity index is 170. The van der Waals surface area contributed by atoms with Crippen LogP contribution in [0.15, 0.2) is 11.6 Å². The van der Waals surface area contributed by atoms with Gasteiger partial charge in [0.15, 0.2) is 0 Å². The highest BCUT2D eigenvalue weighted by molar-refractivity contribution is 5.68. The van der Waals surface area contributed by atoms with Crippen LogP contribution >= 0.6 is 0 Å². The zero-order chi connectivity index (χ0) is 8.69. The van der Waals surface area contributed by atoms with Crippen LogP contribution in [0.5, 0.6) is 0 Å². The van der Waals surface area contributed by atoms with Crippen molar-refractivity contribution in [2.24, 2.45) is 0 Å². The second-order valence-corrected chi connectivity index (χ2v) is 2.09. The van der Waals surface area contributed by atoms with Crippen molar-refractivity contribution in [2.45, 2.75) is 20.3 Å². The molecule has 3 nitrogen and oxygen atoms in total. The van der Waals surface area contributed by atoms with Gasteiger partial charge in [0, 0.05) is 6.92 Å². The predicted molar refractivity (Wildman–Crippen MR) is 41.1 cm³/mol. The summed E-state index contributed by atoms with van der Waals surface area (Å²) < 4.78 is 4.68. The highest BCUT2D eigenvalue weighted by Gasteiger charge is 1.96. The maximum absolute atomic E-state index is 10.3. The lowest BCUT2D eigenvalue weighted by Crippen LogP contribution is -2.02. The standard InChI is InChI=1S/C8H12O3/c1-3-8(4-5-9)6-11-7(2)10/h4-5H,3,6H2,1-2H3/b8-4+. The zero-order valence-corrected chi connectivity index (χ0v) is 6.79. The van der Waals surface area contributed by atoms with E-state index in [9.17, 15) is 9.59 Å². The molecule has 0 atom stereocenters. The third-order valence-electron chi connectivity index (χ3n) is 1.22. The average molecular weight is 156 g/mol. The lowest BCUT2D eigenvalue weighted by atomic mass is 10.2. The smallest absolute Gasteiger partial charge is 0.302 e. The molecule has 0 radical (unpaired) electrons. The van der Waals surface area contributed by atoms with Crippen molar-refractivity contribution in [1.82, 2.24) is 0 Å². The van der Waals surface area contributed by atoms with Crippen molar-refractivity contribution in [3.05, 3.63) is 11.6 Å². The van der Waals surface area contributed by atoms with Gasteiger partial charge in [-0.25, -0.2) is 0 Å². The molecule has 0 spiro atoms. The first-order chi connectivity index (χ1) is 5.20. The van der Waals surface area contributed by atoms with Crippen LogP contribution in [0.2, 0.25) is 0 Å². The van der Waals surface area contributed by atoms with Crippen LogP contribution in [0.4, 0.5) is 0 Å². The Kier molecular flexibility index (Phi) is 5.07. The summed E-state index contributed by atoms with van der Waals surface area (Å²) in [7, 11) is 0. The number of rotatable bonds is 4. The second-order valence-electron chi connectivity index (χ2n) is 2.09. The predicted octanol–water partition coefficient (Wildman–Crippen LogP) is 1.08. The summed E-state index contributed by atoms with van der Waals surface area (Å²) in [5.41, 5.74) is 0.829. The Morgan fingerprint density at radius 3 is 2.55 bits per heavy atom. The van der Waals surface area contributed by atoms with Gasteiger partial charge in [-0.1, -0.05) is 6.92 Å². The molecule has 0 fully saturated rings. The van der Waals surface area contributed by atoms with Gasteiger partial charge in [0.1, 0.15) is 12.9 Å². The number of carbonyl (C=O) groups excluding carboxylic acids is 2. The van der Waals surface area contributed by atoms with E-state index in [4.69, 9.17) is 0 Å². The number of esters is 1. The van der Waals surface area contributed by atoms with Gasteiger partial charge in [-0.05, 0) is 18.1 Å². The molecule has 0 rings (SSSR count). The van der Waals surface area contributed by atoms with Crippen LogP contribution in [0.1, 0.15) is 20.3 Å². The molecule has 0 bridgehead atoms. The van der Waals surface area contributed by atoms with Gasteiger partial charge in [-0.3, -0.25) is 9.59 Å². The number of hydrogen-bond donors (Lipinski definition) is 0. The third kappa shape index (κ3) is 5.33. The van der Waals surface area contributed by atoms with Crippen LogP contribution in [0.25, 0.3) is 0 Å². The molecule has 0 unspecified atom stereocenters. The van der Waals surface area contributed by atoms with E-state index >= 15 is 0 Å². The molecule has 0 amide bonds. The minimum absolute atomic E-state index is 0.227. The largest absolute Gasteiger partial charge is 0.461 e. The number of aldehydes is 1. The summed E-state index contributed by atoms with van der Waals surface area (Å²) in [4.78, 5) is 20.3. The quantitative estimate of drug-likeness (QED) is 0.347. The summed E-state index contributed by atoms with van der Waals surface area (Å²) in [6, 6.07) is 0. The van der Waals surface area contributed by atoms with E-state index in [1.165, 1.54) is 13.0 Å². The van der Waals surface area contributed by atoms with E-state index in [2.05, 4.69) is 4.74 Å². The van der Waals surface area contributed by atoms with Gasteiger partial charge in [-0.15, -0.1) is 0 Å². The second kappa shape index (κ2) is 5.65. The molecule has 0 aliphatic heterocycles. The molecule has 11 heavy (non-hydrogen) atoms. The average Bonchev–Trinajstić information content (AvgIpc) is 1.97. The van der Waals surface area contributed by atoms with Gasteiger partial charge in [-0.2, -0.15) is 0 Å². The molecule has 0 aromatic heterocycles. The Morgan fingerprint density at radius 1 is 1.55 bits per heavy atom. The third-order valence-corrected chi connectivity index (χ3v) is 1.22. The van der Waals surface area contributed by atoms with Crippen molar-refractivity contribution in [1.29, 1.82) is 0 Å². The Morgan fingerprint density at radius 2 is 2.18 bits per heavy atom. The van der Waals surface area contributed by atoms with Crippen molar-refractivity contribution in [2.75, 3.05) is 6.61 Å². The van der Waals surface area contributed by atoms with Crippen molar-refractivity contribution < 1.29 is 14.3 Å². The molecule has 0 aromatic rings. The summed E-state index contributed by atoms with van der Waals surface area (Å²) >= 11 is 0. The van der Waals surface area contributed by atoms with Crippen molar-refractivity contribution in [3.8, 4) is 0 Å². The highest BCUT2D eigenvalue weighted by Crippen LogP contribution is 1.99. The van der Waals surface area contributed by atoms with Crippen molar-refractivity contribution >= 4 is 12.3 Å². The Hall–Kier alpha value is -1.12. The first-order valence-electron chi connectivity index (χ1n) is 3.47. The number of hydrogen-bond acceptors (Lipinski definition) is 3. The first-order valence-corrected chi connectivity index (χ1v) is 3.47. The van der Waals surface area contributed by atoms with Crippen LogP contribution in [-0.4, -0.2) is 18.9 Å². The summed E-state index contributed by atoms with van der Waals surface area (Å²) in [6.45, 7) is 3.47. The fourth-order valence-corrected chi connectivity index (χ4v) is 0.559. The van der Waals surface area contributed by atoms with E-state index < -0.39 is 0 Å². The van der Waals surface area contributed by atoms with Crippen LogP contribution in [0.3, 0.4) is 0 Å². The maximum atomic E-state index is 10.3. The van der Waals surface area contributed by atoms with Crippen molar-refractivity contribution in [3.63, 3.8) is 0 Å². The fraction of sp³-hybridized carbons (Fsp3) is 0.500. The molecule has 0 heterocycles. The minimum atomic E-state index is -0.324. The lowest BCUT2D eigenvalue weighted by molar-refractivity contribution is -0.140. The Labute approximate surface area is 66.0 Å². The topological polar surface area (TPSA) is 43.4 Å². The molecule has 3 heteroatoms. The van der Waals surface area contributed by atoms with Gasteiger partial charge < -0.3 is 4.74 Å². The van der Waals surface area contributed by atoms with Crippen LogP contribution < -0.4 is 0 Å². The molecule has 0 aliphatic rings. The lowest BCUT2D eigenvalue weighted by Gasteiger charge is -2.02. The van der Waals surface area contributed by atoms with Gasteiger partial charge in [0.05, 0.1) is 0 Å². The first kappa shape index (κ1) is 9.88. The molecule has 0 saturated carbocycles. The Balaban J connectivity index is 3.79. The molecule has 0 N–H and O–H groups in total. The molecular formula is C8H12O3. The fourth-order valence-electron chi connectivity index (χ4n) is 0.559. The SMILES string of the molecule is CC/C(=C\C=O)COC(C)=O. The van der Waals surface area contributed by atoms with E-state index in [1.807, 2.05) is 6.92 Å². The molecule has 0 saturated heterocycles. The summed E-state index contributed by atoms with van der Waals surface area (Å²) in [5.74, 6) is -0.324. The minimum Gasteiger partial charge on any atom is -0.461 e. The molecule has 62 valence electrons. The van der Waals surface area contributed by atoms with Crippen LogP contribution in [0, 0.1) is 0 Å². The molecular weight excluding hydrogens is 144 g/mol. The number of ether oxygens (including phenoxy) is 1. The number of allylic oxidation sites excluding steroid dienone is 1. The van der Waals surface area contributed by atoms with Crippen LogP contribution in [-0.2, 0) is 14.3 Å². The molecule has 0 aliphatic carbocycles. The van der Waals surface area contributed by atoms with E-state index in [-0.39, 0.29) is 12.6 Å². The van der Waals surface area contributed by atoms with E-state index in [1.54, 1.807) is 0 Å². The zero-order valence-electron chi connectivity index (χ0n) is 6.79. The van der Waals surface area contributed by atoms with E-state index in [0.29, 0.717) is 6.29 Å². The molecule has 0 aromatic carbocycles. The maximum Gasteiger partial charge on any atom is 0.302 e. The normalized spacial score (nSPS) is 10.9. The number of carbonyl (C=O) groups is 2. The van der Waals surface area contributed by atoms with Gasteiger partial charge in [0.25, 0.3) is 0 Å². The summed E-state index contributed by atoms with van der Waals surface area (Å²) in [5, 5.41) is 0. The monoisotopic (exact) mass is 156 g/mol. The van der Waals surface area contributed by atoms with Gasteiger partial charge >= 0.3 is 5.97 Å². The van der Waals surface area contributed by atoms with Gasteiger partial charge in [0.2, 0.25) is 0 Å². The highest BCUT2D eigenvalue weighted by atomic mass is 16.5. The summed E-state index contributed by atoms with van der Waals surface area (Å²) in [6.07, 6.45) is 2.84. The van der Waals surface area contributed by atoms with E-state index in [0.717, 1.165) is 12.0 Å².